The molecule has 3 nitrogen and oxygen atoms in total. The molecule has 1 atom stereocenters. The Labute approximate surface area is 120 Å². The third-order valence-corrected chi connectivity index (χ3v) is 5.78. The van der Waals surface area contributed by atoms with Gasteiger partial charge in [0.05, 0.1) is 19.3 Å². The van der Waals surface area contributed by atoms with Gasteiger partial charge in [0.15, 0.2) is 0 Å². The van der Waals surface area contributed by atoms with Crippen molar-refractivity contribution < 1.29 is 0 Å². The first-order valence-electron chi connectivity index (χ1n) is 6.92. The van der Waals surface area contributed by atoms with Crippen molar-refractivity contribution in [3.8, 4) is 0 Å². The molecule has 4 heteroatoms. The number of hydrogen-bond donors (Lipinski definition) is 0. The first kappa shape index (κ1) is 13.1. The SMILES string of the molecule is C[Si](C)(C)C(c1ccccc1)n1nnc2ccccc21. The van der Waals surface area contributed by atoms with Crippen LogP contribution in [0.3, 0.4) is 0 Å². The second-order valence-corrected chi connectivity index (χ2v) is 11.5. The minimum Gasteiger partial charge on any atom is -0.240 e. The van der Waals surface area contributed by atoms with Crippen molar-refractivity contribution in [2.24, 2.45) is 0 Å². The van der Waals surface area contributed by atoms with E-state index >= 15 is 0 Å². The van der Waals surface area contributed by atoms with Crippen LogP contribution in [0.1, 0.15) is 11.2 Å². The van der Waals surface area contributed by atoms with E-state index in [4.69, 9.17) is 0 Å². The van der Waals surface area contributed by atoms with Crippen molar-refractivity contribution in [3.63, 3.8) is 0 Å². The fourth-order valence-electron chi connectivity index (χ4n) is 2.72. The highest BCUT2D eigenvalue weighted by atomic mass is 28.3. The van der Waals surface area contributed by atoms with E-state index in [2.05, 4.69) is 77.1 Å². The lowest BCUT2D eigenvalue weighted by Gasteiger charge is -2.29. The lowest BCUT2D eigenvalue weighted by atomic mass is 10.2. The van der Waals surface area contributed by atoms with Crippen LogP contribution in [-0.4, -0.2) is 23.1 Å². The molecular formula is C16H19N3Si. The zero-order valence-electron chi connectivity index (χ0n) is 12.1. The zero-order chi connectivity index (χ0) is 14.2. The van der Waals surface area contributed by atoms with E-state index in [-0.39, 0.29) is 0 Å². The van der Waals surface area contributed by atoms with Crippen LogP contribution in [0, 0.1) is 0 Å². The molecular weight excluding hydrogens is 262 g/mol. The molecule has 3 rings (SSSR count). The molecule has 0 fully saturated rings. The number of nitrogens with zero attached hydrogens (tertiary/aromatic N) is 3. The summed E-state index contributed by atoms with van der Waals surface area (Å²) < 4.78 is 2.11. The molecule has 0 saturated heterocycles. The van der Waals surface area contributed by atoms with Crippen LogP contribution in [0.4, 0.5) is 0 Å². The van der Waals surface area contributed by atoms with Gasteiger partial charge in [0.1, 0.15) is 5.52 Å². The second-order valence-electron chi connectivity index (χ2n) is 6.20. The molecule has 1 unspecified atom stereocenters. The molecule has 1 heterocycles. The summed E-state index contributed by atoms with van der Waals surface area (Å²) in [5, 5.41) is 8.75. The first-order valence-corrected chi connectivity index (χ1v) is 10.5. The Bertz CT molecular complexity index is 713. The maximum atomic E-state index is 4.44. The molecule has 0 radical (unpaired) electrons. The molecule has 1 aromatic heterocycles. The quantitative estimate of drug-likeness (QED) is 0.682. The Morgan fingerprint density at radius 3 is 2.25 bits per heavy atom. The summed E-state index contributed by atoms with van der Waals surface area (Å²) in [6.07, 6.45) is 0. The second kappa shape index (κ2) is 4.87. The van der Waals surface area contributed by atoms with E-state index in [9.17, 15) is 0 Å². The van der Waals surface area contributed by atoms with Gasteiger partial charge in [-0.05, 0) is 17.7 Å². The van der Waals surface area contributed by atoms with Crippen molar-refractivity contribution in [2.75, 3.05) is 0 Å². The Hall–Kier alpha value is -1.94. The maximum Gasteiger partial charge on any atom is 0.113 e. The fourth-order valence-corrected chi connectivity index (χ4v) is 4.84. The van der Waals surface area contributed by atoms with Gasteiger partial charge in [-0.2, -0.15) is 0 Å². The van der Waals surface area contributed by atoms with Gasteiger partial charge in [-0.25, -0.2) is 4.68 Å². The average molecular weight is 281 g/mol. The normalized spacial score (nSPS) is 13.6. The van der Waals surface area contributed by atoms with Gasteiger partial charge in [0, 0.05) is 0 Å². The van der Waals surface area contributed by atoms with E-state index in [0.717, 1.165) is 11.0 Å². The zero-order valence-corrected chi connectivity index (χ0v) is 13.1. The van der Waals surface area contributed by atoms with E-state index in [1.807, 2.05) is 12.1 Å². The van der Waals surface area contributed by atoms with Crippen LogP contribution >= 0.6 is 0 Å². The smallest absolute Gasteiger partial charge is 0.113 e. The molecule has 0 aliphatic carbocycles. The lowest BCUT2D eigenvalue weighted by Crippen LogP contribution is -2.36. The lowest BCUT2D eigenvalue weighted by molar-refractivity contribution is 0.629. The highest BCUT2D eigenvalue weighted by Crippen LogP contribution is 2.30. The van der Waals surface area contributed by atoms with Crippen LogP contribution in [-0.2, 0) is 0 Å². The van der Waals surface area contributed by atoms with E-state index in [0.29, 0.717) is 5.67 Å². The van der Waals surface area contributed by atoms with Gasteiger partial charge in [-0.3, -0.25) is 0 Å². The van der Waals surface area contributed by atoms with Gasteiger partial charge in [-0.15, -0.1) is 5.10 Å². The van der Waals surface area contributed by atoms with E-state index < -0.39 is 8.07 Å². The van der Waals surface area contributed by atoms with Crippen molar-refractivity contribution >= 4 is 19.1 Å². The average Bonchev–Trinajstić information content (AvgIpc) is 2.83. The minimum atomic E-state index is -1.49. The summed E-state index contributed by atoms with van der Waals surface area (Å²) >= 11 is 0. The fraction of sp³-hybridized carbons (Fsp3) is 0.250. The van der Waals surface area contributed by atoms with Crippen molar-refractivity contribution in [2.45, 2.75) is 25.3 Å². The van der Waals surface area contributed by atoms with E-state index in [1.54, 1.807) is 0 Å². The van der Waals surface area contributed by atoms with Crippen LogP contribution in [0.5, 0.6) is 0 Å². The Morgan fingerprint density at radius 2 is 1.55 bits per heavy atom. The first-order chi connectivity index (χ1) is 9.57. The summed E-state index contributed by atoms with van der Waals surface area (Å²) in [7, 11) is -1.49. The standard InChI is InChI=1S/C16H19N3Si/c1-20(2,3)16(13-9-5-4-6-10-13)19-15-12-8-7-11-14(15)17-18-19/h4-12,16H,1-3H3. The van der Waals surface area contributed by atoms with Crippen LogP contribution in [0.25, 0.3) is 11.0 Å². The van der Waals surface area contributed by atoms with E-state index in [1.165, 1.54) is 5.56 Å². The van der Waals surface area contributed by atoms with Gasteiger partial charge in [0.2, 0.25) is 0 Å². The molecule has 0 aliphatic rings. The summed E-state index contributed by atoms with van der Waals surface area (Å²) in [6.45, 7) is 7.13. The maximum absolute atomic E-state index is 4.44. The monoisotopic (exact) mass is 281 g/mol. The highest BCUT2D eigenvalue weighted by Gasteiger charge is 2.31. The summed E-state index contributed by atoms with van der Waals surface area (Å²) in [6, 6.07) is 18.8. The molecule has 0 aliphatic heterocycles. The largest absolute Gasteiger partial charge is 0.240 e. The van der Waals surface area contributed by atoms with Crippen LogP contribution in [0.2, 0.25) is 19.6 Å². The number of benzene rings is 2. The number of hydrogen-bond acceptors (Lipinski definition) is 2. The number of para-hydroxylation sites is 1. The number of rotatable bonds is 3. The molecule has 0 saturated carbocycles. The van der Waals surface area contributed by atoms with Gasteiger partial charge in [-0.1, -0.05) is 67.3 Å². The molecule has 102 valence electrons. The van der Waals surface area contributed by atoms with Crippen LogP contribution < -0.4 is 0 Å². The summed E-state index contributed by atoms with van der Waals surface area (Å²) in [4.78, 5) is 0. The summed E-state index contributed by atoms with van der Waals surface area (Å²) in [5.41, 5.74) is 3.70. The molecule has 3 aromatic rings. The molecule has 2 aromatic carbocycles. The number of fused-ring (bicyclic) bond motifs is 1. The van der Waals surface area contributed by atoms with Crippen molar-refractivity contribution in [1.29, 1.82) is 0 Å². The van der Waals surface area contributed by atoms with Crippen molar-refractivity contribution in [1.82, 2.24) is 15.0 Å². The van der Waals surface area contributed by atoms with Crippen molar-refractivity contribution in [3.05, 3.63) is 60.2 Å². The predicted molar refractivity (Wildman–Crippen MR) is 85.5 cm³/mol. The molecule has 20 heavy (non-hydrogen) atoms. The molecule has 0 N–H and O–H groups in total. The Kier molecular flexibility index (Phi) is 3.18. The Morgan fingerprint density at radius 1 is 0.900 bits per heavy atom. The molecule has 0 bridgehead atoms. The third-order valence-electron chi connectivity index (χ3n) is 3.56. The topological polar surface area (TPSA) is 30.7 Å². The summed E-state index contributed by atoms with van der Waals surface area (Å²) in [5.74, 6) is 0. The van der Waals surface area contributed by atoms with Gasteiger partial charge in [0.25, 0.3) is 0 Å². The van der Waals surface area contributed by atoms with Gasteiger partial charge < -0.3 is 0 Å². The molecule has 0 spiro atoms. The number of aromatic nitrogens is 3. The Balaban J connectivity index is 2.20. The van der Waals surface area contributed by atoms with Crippen LogP contribution in [0.15, 0.2) is 54.6 Å². The highest BCUT2D eigenvalue weighted by molar-refractivity contribution is 6.77. The van der Waals surface area contributed by atoms with Gasteiger partial charge >= 0.3 is 0 Å². The minimum absolute atomic E-state index is 0.302. The third kappa shape index (κ3) is 2.27. The molecule has 0 amide bonds. The predicted octanol–water partition coefficient (Wildman–Crippen LogP) is 3.90.